The molecule has 0 radical (unpaired) electrons. The Hall–Kier alpha value is -2.95. The number of carbonyl (C=O) groups excluding carboxylic acids is 3. The van der Waals surface area contributed by atoms with E-state index in [2.05, 4.69) is 36.4 Å². The predicted molar refractivity (Wildman–Crippen MR) is 110 cm³/mol. The summed E-state index contributed by atoms with van der Waals surface area (Å²) in [6.07, 6.45) is 5.77. The van der Waals surface area contributed by atoms with Gasteiger partial charge in [0.05, 0.1) is 11.8 Å². The number of benzene rings is 2. The molecule has 0 unspecified atom stereocenters. The van der Waals surface area contributed by atoms with Crippen molar-refractivity contribution in [1.82, 2.24) is 9.80 Å². The first kappa shape index (κ1) is 18.1. The molecule has 1 saturated carbocycles. The number of amides is 3. The van der Waals surface area contributed by atoms with Gasteiger partial charge in [-0.3, -0.25) is 19.3 Å². The fourth-order valence-corrected chi connectivity index (χ4v) is 5.30. The molecule has 5 rings (SSSR count). The van der Waals surface area contributed by atoms with Gasteiger partial charge in [0.2, 0.25) is 17.7 Å². The summed E-state index contributed by atoms with van der Waals surface area (Å²) in [5.74, 6) is -0.651. The maximum atomic E-state index is 12.8. The topological polar surface area (TPSA) is 57.7 Å². The summed E-state index contributed by atoms with van der Waals surface area (Å²) in [6.45, 7) is 0.402. The van der Waals surface area contributed by atoms with Gasteiger partial charge in [-0.05, 0) is 41.0 Å². The molecule has 3 amide bonds. The van der Waals surface area contributed by atoms with Crippen molar-refractivity contribution in [2.24, 2.45) is 23.7 Å². The van der Waals surface area contributed by atoms with E-state index >= 15 is 0 Å². The molecule has 29 heavy (non-hydrogen) atoms. The van der Waals surface area contributed by atoms with Crippen LogP contribution in [0.15, 0.2) is 54.6 Å². The fourth-order valence-electron chi connectivity index (χ4n) is 5.30. The second-order valence-electron chi connectivity index (χ2n) is 8.47. The van der Waals surface area contributed by atoms with E-state index in [1.807, 2.05) is 18.2 Å². The lowest BCUT2D eigenvalue weighted by molar-refractivity contribution is -0.146. The quantitative estimate of drug-likeness (QED) is 0.585. The molecule has 0 aromatic heterocycles. The van der Waals surface area contributed by atoms with Gasteiger partial charge >= 0.3 is 0 Å². The summed E-state index contributed by atoms with van der Waals surface area (Å²) in [5.41, 5.74) is 1.19. The number of likely N-dealkylation sites (N-methyl/N-ethyl adjacent to an activating group) is 1. The molecule has 148 valence electrons. The maximum absolute atomic E-state index is 12.8. The van der Waals surface area contributed by atoms with Crippen molar-refractivity contribution in [3.63, 3.8) is 0 Å². The summed E-state index contributed by atoms with van der Waals surface area (Å²) in [6, 6.07) is 14.4. The molecular weight excluding hydrogens is 364 g/mol. The van der Waals surface area contributed by atoms with Crippen molar-refractivity contribution in [3.05, 3.63) is 60.2 Å². The van der Waals surface area contributed by atoms with E-state index in [0.717, 1.165) is 12.8 Å². The third-order valence-corrected chi connectivity index (χ3v) is 6.88. The van der Waals surface area contributed by atoms with Gasteiger partial charge in [0.25, 0.3) is 0 Å². The molecule has 2 aromatic carbocycles. The molecule has 2 aromatic rings. The number of rotatable bonds is 5. The van der Waals surface area contributed by atoms with Crippen LogP contribution in [-0.2, 0) is 20.8 Å². The number of fused-ring (bicyclic) bond motifs is 6. The highest BCUT2D eigenvalue weighted by Gasteiger charge is 2.59. The molecule has 5 heteroatoms. The molecule has 0 spiro atoms. The largest absolute Gasteiger partial charge is 0.344 e. The van der Waals surface area contributed by atoms with Crippen LogP contribution in [0.4, 0.5) is 0 Å². The highest BCUT2D eigenvalue weighted by molar-refractivity contribution is 6.08. The fraction of sp³-hybridized carbons (Fsp3) is 0.375. The van der Waals surface area contributed by atoms with Crippen molar-refractivity contribution in [2.75, 3.05) is 20.1 Å². The lowest BCUT2D eigenvalue weighted by atomic mass is 9.85. The molecule has 3 aliphatic rings. The van der Waals surface area contributed by atoms with E-state index in [4.69, 9.17) is 0 Å². The monoisotopic (exact) mass is 388 g/mol. The van der Waals surface area contributed by atoms with Gasteiger partial charge < -0.3 is 4.90 Å². The van der Waals surface area contributed by atoms with E-state index in [1.165, 1.54) is 21.2 Å². The second kappa shape index (κ2) is 6.83. The zero-order valence-electron chi connectivity index (χ0n) is 16.5. The van der Waals surface area contributed by atoms with E-state index in [9.17, 15) is 14.4 Å². The first-order valence-corrected chi connectivity index (χ1v) is 10.3. The minimum absolute atomic E-state index is 0.143. The highest BCUT2D eigenvalue weighted by atomic mass is 16.2. The van der Waals surface area contributed by atoms with E-state index in [-0.39, 0.29) is 47.9 Å². The molecule has 2 aliphatic carbocycles. The van der Waals surface area contributed by atoms with Crippen molar-refractivity contribution >= 4 is 28.5 Å². The minimum atomic E-state index is -0.244. The van der Waals surface area contributed by atoms with Crippen LogP contribution in [0.1, 0.15) is 12.0 Å². The molecule has 4 atom stereocenters. The Morgan fingerprint density at radius 1 is 1.00 bits per heavy atom. The number of hydrogen-bond acceptors (Lipinski definition) is 3. The zero-order valence-corrected chi connectivity index (χ0v) is 16.5. The van der Waals surface area contributed by atoms with E-state index in [1.54, 1.807) is 11.9 Å². The number of allylic oxidation sites excluding steroid dienone is 2. The van der Waals surface area contributed by atoms with Gasteiger partial charge in [-0.25, -0.2) is 0 Å². The lowest BCUT2D eigenvalue weighted by Gasteiger charge is -2.22. The number of carbonyl (C=O) groups is 3. The Morgan fingerprint density at radius 2 is 1.66 bits per heavy atom. The average Bonchev–Trinajstić information content (AvgIpc) is 3.42. The molecule has 5 nitrogen and oxygen atoms in total. The summed E-state index contributed by atoms with van der Waals surface area (Å²) >= 11 is 0. The predicted octanol–water partition coefficient (Wildman–Crippen LogP) is 2.65. The second-order valence-corrected chi connectivity index (χ2v) is 8.47. The van der Waals surface area contributed by atoms with Gasteiger partial charge in [0.15, 0.2) is 0 Å². The van der Waals surface area contributed by atoms with Crippen molar-refractivity contribution < 1.29 is 14.4 Å². The maximum Gasteiger partial charge on any atom is 0.242 e. The van der Waals surface area contributed by atoms with Crippen LogP contribution in [0.5, 0.6) is 0 Å². The van der Waals surface area contributed by atoms with Gasteiger partial charge in [-0.15, -0.1) is 0 Å². The zero-order chi connectivity index (χ0) is 20.1. The third-order valence-electron chi connectivity index (χ3n) is 6.88. The first-order chi connectivity index (χ1) is 14.0. The molecule has 2 fully saturated rings. The normalized spacial score (nSPS) is 27.1. The van der Waals surface area contributed by atoms with Gasteiger partial charge in [0.1, 0.15) is 6.54 Å². The third kappa shape index (κ3) is 2.87. The smallest absolute Gasteiger partial charge is 0.242 e. The Bertz CT molecular complexity index is 1010. The Kier molecular flexibility index (Phi) is 4.26. The van der Waals surface area contributed by atoms with Gasteiger partial charge in [-0.1, -0.05) is 54.6 Å². The molecule has 2 bridgehead atoms. The molecule has 1 aliphatic heterocycles. The van der Waals surface area contributed by atoms with Crippen LogP contribution >= 0.6 is 0 Å². The molecule has 1 heterocycles. The summed E-state index contributed by atoms with van der Waals surface area (Å²) in [5, 5.41) is 2.37. The molecule has 0 N–H and O–H groups in total. The SMILES string of the molecule is CN(CCc1cccc2ccccc12)C(=O)CN1C(=O)[C@H]2[C@H](C1=O)[C@H]1C=C[C@H]2C1. The van der Waals surface area contributed by atoms with Crippen LogP contribution in [0.2, 0.25) is 0 Å². The van der Waals surface area contributed by atoms with Gasteiger partial charge in [-0.2, -0.15) is 0 Å². The summed E-state index contributed by atoms with van der Waals surface area (Å²) in [7, 11) is 1.74. The minimum Gasteiger partial charge on any atom is -0.344 e. The van der Waals surface area contributed by atoms with E-state index < -0.39 is 0 Å². The molecule has 1 saturated heterocycles. The summed E-state index contributed by atoms with van der Waals surface area (Å²) < 4.78 is 0. The summed E-state index contributed by atoms with van der Waals surface area (Å²) in [4.78, 5) is 41.1. The highest BCUT2D eigenvalue weighted by Crippen LogP contribution is 2.52. The van der Waals surface area contributed by atoms with Crippen LogP contribution in [0.25, 0.3) is 10.8 Å². The van der Waals surface area contributed by atoms with Crippen LogP contribution < -0.4 is 0 Å². The lowest BCUT2D eigenvalue weighted by Crippen LogP contribution is -2.43. The van der Waals surface area contributed by atoms with Crippen molar-refractivity contribution in [1.29, 1.82) is 0 Å². The van der Waals surface area contributed by atoms with Crippen LogP contribution in [0.3, 0.4) is 0 Å². The Morgan fingerprint density at radius 3 is 2.38 bits per heavy atom. The number of nitrogens with zero attached hydrogens (tertiary/aromatic N) is 2. The van der Waals surface area contributed by atoms with E-state index in [0.29, 0.717) is 6.54 Å². The van der Waals surface area contributed by atoms with Crippen molar-refractivity contribution in [2.45, 2.75) is 12.8 Å². The van der Waals surface area contributed by atoms with Crippen molar-refractivity contribution in [3.8, 4) is 0 Å². The van der Waals surface area contributed by atoms with Crippen LogP contribution in [-0.4, -0.2) is 47.7 Å². The van der Waals surface area contributed by atoms with Crippen LogP contribution in [0, 0.1) is 23.7 Å². The van der Waals surface area contributed by atoms with Gasteiger partial charge in [0, 0.05) is 13.6 Å². The Balaban J connectivity index is 1.23. The number of imide groups is 1. The standard InChI is InChI=1S/C24H24N2O3/c1-25(12-11-16-7-4-6-15-5-2-3-8-19(15)16)20(27)14-26-23(28)21-17-9-10-18(13-17)22(21)24(26)29/h2-10,17-18,21-22H,11-14H2,1H3/t17-,18-,21+,22+/m0/s1. The Labute approximate surface area is 170 Å². The molecular formula is C24H24N2O3. The average molecular weight is 388 g/mol. The first-order valence-electron chi connectivity index (χ1n) is 10.3. The number of likely N-dealkylation sites (tertiary alicyclic amines) is 1. The number of hydrogen-bond donors (Lipinski definition) is 0.